The first kappa shape index (κ1) is 17.9. The van der Waals surface area contributed by atoms with Crippen molar-refractivity contribution in [3.05, 3.63) is 64.3 Å². The Labute approximate surface area is 156 Å². The van der Waals surface area contributed by atoms with E-state index < -0.39 is 15.8 Å². The van der Waals surface area contributed by atoms with E-state index in [0.717, 1.165) is 17.1 Å². The maximum absolute atomic E-state index is 13.8. The molecule has 0 radical (unpaired) electrons. The molecule has 2 aromatic carbocycles. The average molecular weight is 389 g/mol. The Morgan fingerprint density at radius 2 is 1.81 bits per heavy atom. The zero-order valence-electron chi connectivity index (χ0n) is 14.9. The molecule has 0 spiro atoms. The van der Waals surface area contributed by atoms with Gasteiger partial charge in [0, 0.05) is 19.1 Å². The number of rotatable bonds is 3. The van der Waals surface area contributed by atoms with Crippen LogP contribution in [0.2, 0.25) is 0 Å². The number of sulfonamides is 1. The van der Waals surface area contributed by atoms with Crippen LogP contribution >= 0.6 is 0 Å². The van der Waals surface area contributed by atoms with Gasteiger partial charge in [-0.1, -0.05) is 18.2 Å². The number of hydrogen-bond donors (Lipinski definition) is 1. The standard InChI is InChI=1S/C19H20FN3O3S/c1-13-6-7-15(12-16(13)20)27(25,26)22-10-8-14(9-11-22)23-18-5-3-2-4-17(18)21-19(23)24/h2-7,12,14H,8-11H2,1H3,(H,21,24). The van der Waals surface area contributed by atoms with Crippen molar-refractivity contribution in [1.82, 2.24) is 13.9 Å². The fourth-order valence-corrected chi connectivity index (χ4v) is 5.14. The molecule has 0 unspecified atom stereocenters. The Kier molecular flexibility index (Phi) is 4.39. The molecule has 142 valence electrons. The highest BCUT2D eigenvalue weighted by Gasteiger charge is 2.31. The predicted octanol–water partition coefficient (Wildman–Crippen LogP) is 2.80. The van der Waals surface area contributed by atoms with Gasteiger partial charge in [-0.25, -0.2) is 17.6 Å². The molecule has 0 bridgehead atoms. The number of piperidine rings is 1. The van der Waals surface area contributed by atoms with E-state index in [2.05, 4.69) is 4.98 Å². The lowest BCUT2D eigenvalue weighted by atomic mass is 10.1. The van der Waals surface area contributed by atoms with Crippen LogP contribution in [0.3, 0.4) is 0 Å². The third kappa shape index (κ3) is 3.08. The van der Waals surface area contributed by atoms with Gasteiger partial charge in [-0.05, 0) is 49.6 Å². The molecule has 1 saturated heterocycles. The van der Waals surface area contributed by atoms with Crippen LogP contribution in [-0.4, -0.2) is 35.4 Å². The van der Waals surface area contributed by atoms with Crippen molar-refractivity contribution >= 4 is 21.1 Å². The molecule has 2 heterocycles. The Bertz CT molecular complexity index is 1160. The monoisotopic (exact) mass is 389 g/mol. The van der Waals surface area contributed by atoms with Gasteiger partial charge in [0.15, 0.2) is 0 Å². The van der Waals surface area contributed by atoms with Gasteiger partial charge < -0.3 is 4.98 Å². The number of fused-ring (bicyclic) bond motifs is 1. The Balaban J connectivity index is 1.57. The van der Waals surface area contributed by atoms with Gasteiger partial charge in [-0.3, -0.25) is 4.57 Å². The van der Waals surface area contributed by atoms with Crippen LogP contribution in [0.1, 0.15) is 24.4 Å². The van der Waals surface area contributed by atoms with E-state index >= 15 is 0 Å². The minimum absolute atomic E-state index is 0.0340. The summed E-state index contributed by atoms with van der Waals surface area (Å²) in [7, 11) is -3.75. The minimum atomic E-state index is -3.75. The van der Waals surface area contributed by atoms with Crippen LogP contribution in [0.15, 0.2) is 52.2 Å². The number of halogens is 1. The van der Waals surface area contributed by atoms with Gasteiger partial charge in [0.2, 0.25) is 10.0 Å². The summed E-state index contributed by atoms with van der Waals surface area (Å²) < 4.78 is 42.5. The zero-order valence-corrected chi connectivity index (χ0v) is 15.7. The van der Waals surface area contributed by atoms with Crippen molar-refractivity contribution in [2.24, 2.45) is 0 Å². The van der Waals surface area contributed by atoms with Crippen LogP contribution in [0, 0.1) is 12.7 Å². The lowest BCUT2D eigenvalue weighted by molar-refractivity contribution is 0.274. The second kappa shape index (κ2) is 6.61. The molecule has 1 N–H and O–H groups in total. The molecule has 0 atom stereocenters. The van der Waals surface area contributed by atoms with Crippen LogP contribution in [0.4, 0.5) is 4.39 Å². The molecule has 1 aliphatic heterocycles. The molecular formula is C19H20FN3O3S. The van der Waals surface area contributed by atoms with Gasteiger partial charge in [0.25, 0.3) is 0 Å². The lowest BCUT2D eigenvalue weighted by Crippen LogP contribution is -2.40. The summed E-state index contributed by atoms with van der Waals surface area (Å²) >= 11 is 0. The zero-order chi connectivity index (χ0) is 19.2. The highest BCUT2D eigenvalue weighted by Crippen LogP contribution is 2.28. The molecule has 6 nitrogen and oxygen atoms in total. The van der Waals surface area contributed by atoms with E-state index in [1.165, 1.54) is 16.4 Å². The van der Waals surface area contributed by atoms with Crippen molar-refractivity contribution < 1.29 is 12.8 Å². The number of para-hydroxylation sites is 2. The molecule has 4 rings (SSSR count). The Morgan fingerprint density at radius 3 is 2.52 bits per heavy atom. The SMILES string of the molecule is Cc1ccc(S(=O)(=O)N2CCC(n3c(=O)[nH]c4ccccc43)CC2)cc1F. The Hall–Kier alpha value is -2.45. The number of aryl methyl sites for hydroxylation is 1. The molecule has 8 heteroatoms. The van der Waals surface area contributed by atoms with Gasteiger partial charge >= 0.3 is 5.69 Å². The average Bonchev–Trinajstić information content (AvgIpc) is 2.99. The molecule has 0 aliphatic carbocycles. The Morgan fingerprint density at radius 1 is 1.11 bits per heavy atom. The highest BCUT2D eigenvalue weighted by atomic mass is 32.2. The van der Waals surface area contributed by atoms with E-state index in [1.54, 1.807) is 11.5 Å². The number of hydrogen-bond acceptors (Lipinski definition) is 3. The molecule has 1 aromatic heterocycles. The summed E-state index contributed by atoms with van der Waals surface area (Å²) in [6.45, 7) is 2.17. The van der Waals surface area contributed by atoms with E-state index in [9.17, 15) is 17.6 Å². The molecule has 27 heavy (non-hydrogen) atoms. The normalized spacial score (nSPS) is 16.8. The van der Waals surface area contributed by atoms with Crippen molar-refractivity contribution in [2.45, 2.75) is 30.7 Å². The number of aromatic amines is 1. The summed E-state index contributed by atoms with van der Waals surface area (Å²) in [5, 5.41) is 0. The van der Waals surface area contributed by atoms with Crippen molar-refractivity contribution in [3.8, 4) is 0 Å². The minimum Gasteiger partial charge on any atom is -0.306 e. The predicted molar refractivity (Wildman–Crippen MR) is 101 cm³/mol. The van der Waals surface area contributed by atoms with Crippen LogP contribution in [0.25, 0.3) is 11.0 Å². The van der Waals surface area contributed by atoms with Crippen molar-refractivity contribution in [2.75, 3.05) is 13.1 Å². The molecule has 0 amide bonds. The molecule has 1 fully saturated rings. The second-order valence-corrected chi connectivity index (χ2v) is 8.80. The van der Waals surface area contributed by atoms with Crippen LogP contribution in [-0.2, 0) is 10.0 Å². The summed E-state index contributed by atoms with van der Waals surface area (Å²) in [6.07, 6.45) is 1.05. The largest absolute Gasteiger partial charge is 0.326 e. The summed E-state index contributed by atoms with van der Waals surface area (Å²) in [4.78, 5) is 15.1. The van der Waals surface area contributed by atoms with Crippen molar-refractivity contribution in [3.63, 3.8) is 0 Å². The number of nitrogens with zero attached hydrogens (tertiary/aromatic N) is 2. The first-order chi connectivity index (χ1) is 12.9. The molecule has 0 saturated carbocycles. The van der Waals surface area contributed by atoms with Crippen LogP contribution in [0.5, 0.6) is 0 Å². The fourth-order valence-electron chi connectivity index (χ4n) is 3.66. The van der Waals surface area contributed by atoms with E-state index in [4.69, 9.17) is 0 Å². The second-order valence-electron chi connectivity index (χ2n) is 6.86. The van der Waals surface area contributed by atoms with Crippen molar-refractivity contribution in [1.29, 1.82) is 0 Å². The summed E-state index contributed by atoms with van der Waals surface area (Å²) in [5.74, 6) is -0.531. The van der Waals surface area contributed by atoms with Gasteiger partial charge in [-0.15, -0.1) is 0 Å². The van der Waals surface area contributed by atoms with E-state index in [0.29, 0.717) is 18.4 Å². The topological polar surface area (TPSA) is 75.2 Å². The summed E-state index contributed by atoms with van der Waals surface area (Å²) in [5.41, 5.74) is 1.82. The smallest absolute Gasteiger partial charge is 0.306 e. The number of imidazole rings is 1. The molecule has 3 aromatic rings. The number of nitrogens with one attached hydrogen (secondary N) is 1. The third-order valence-corrected chi connectivity index (χ3v) is 7.09. The quantitative estimate of drug-likeness (QED) is 0.748. The van der Waals surface area contributed by atoms with Crippen LogP contribution < -0.4 is 5.69 Å². The number of aromatic nitrogens is 2. The van der Waals surface area contributed by atoms with E-state index in [1.807, 2.05) is 24.3 Å². The van der Waals surface area contributed by atoms with Gasteiger partial charge in [-0.2, -0.15) is 4.31 Å². The maximum Gasteiger partial charge on any atom is 0.326 e. The highest BCUT2D eigenvalue weighted by molar-refractivity contribution is 7.89. The lowest BCUT2D eigenvalue weighted by Gasteiger charge is -2.31. The van der Waals surface area contributed by atoms with E-state index in [-0.39, 0.29) is 29.7 Å². The fraction of sp³-hybridized carbons (Fsp3) is 0.316. The molecular weight excluding hydrogens is 369 g/mol. The number of H-pyrrole nitrogens is 1. The third-order valence-electron chi connectivity index (χ3n) is 5.19. The first-order valence-electron chi connectivity index (χ1n) is 8.83. The number of benzene rings is 2. The van der Waals surface area contributed by atoms with Gasteiger partial charge in [0.05, 0.1) is 15.9 Å². The van der Waals surface area contributed by atoms with Gasteiger partial charge in [0.1, 0.15) is 5.82 Å². The molecule has 1 aliphatic rings. The maximum atomic E-state index is 13.8. The summed E-state index contributed by atoms with van der Waals surface area (Å²) in [6, 6.07) is 11.4. The first-order valence-corrected chi connectivity index (χ1v) is 10.3.